The summed E-state index contributed by atoms with van der Waals surface area (Å²) in [5.41, 5.74) is 2.83. The number of nitrogens with zero attached hydrogens (tertiary/aromatic N) is 1. The first-order chi connectivity index (χ1) is 11.8. The van der Waals surface area contributed by atoms with Gasteiger partial charge in [-0.15, -0.1) is 0 Å². The molecule has 1 saturated heterocycles. The van der Waals surface area contributed by atoms with Gasteiger partial charge in [0.05, 0.1) is 7.11 Å². The van der Waals surface area contributed by atoms with Crippen LogP contribution in [0.4, 0.5) is 0 Å². The van der Waals surface area contributed by atoms with E-state index in [0.29, 0.717) is 6.04 Å². The molecule has 3 heteroatoms. The van der Waals surface area contributed by atoms with Gasteiger partial charge in [0.1, 0.15) is 5.75 Å². The molecular formula is C21H26N2O. The number of methoxy groups -OCH3 is 1. The molecule has 2 aromatic carbocycles. The second kappa shape index (κ2) is 6.96. The Kier molecular flexibility index (Phi) is 4.54. The molecule has 1 aliphatic heterocycles. The number of rotatable bonds is 7. The third-order valence-electron chi connectivity index (χ3n) is 5.26. The van der Waals surface area contributed by atoms with Crippen LogP contribution in [0, 0.1) is 5.92 Å². The second-order valence-electron chi connectivity index (χ2n) is 7.18. The third kappa shape index (κ3) is 3.63. The Morgan fingerprint density at radius 2 is 1.92 bits per heavy atom. The van der Waals surface area contributed by atoms with Crippen molar-refractivity contribution in [1.82, 2.24) is 10.2 Å². The van der Waals surface area contributed by atoms with Gasteiger partial charge in [0, 0.05) is 38.1 Å². The summed E-state index contributed by atoms with van der Waals surface area (Å²) < 4.78 is 5.30. The molecule has 3 nitrogen and oxygen atoms in total. The zero-order valence-electron chi connectivity index (χ0n) is 14.3. The lowest BCUT2D eigenvalue weighted by molar-refractivity contribution is 0.0913. The van der Waals surface area contributed by atoms with Crippen molar-refractivity contribution in [2.24, 2.45) is 5.92 Å². The van der Waals surface area contributed by atoms with E-state index in [-0.39, 0.29) is 0 Å². The Labute approximate surface area is 144 Å². The summed E-state index contributed by atoms with van der Waals surface area (Å²) in [5, 5.41) is 3.76. The molecule has 126 valence electrons. The molecule has 0 bridgehead atoms. The van der Waals surface area contributed by atoms with E-state index in [9.17, 15) is 0 Å². The molecule has 0 aromatic heterocycles. The molecule has 2 aromatic rings. The lowest BCUT2D eigenvalue weighted by atomic mass is 9.99. The molecule has 1 N–H and O–H groups in total. The van der Waals surface area contributed by atoms with Gasteiger partial charge in [0.2, 0.25) is 0 Å². The number of likely N-dealkylation sites (tertiary alicyclic amines) is 1. The fraction of sp³-hybridized carbons (Fsp3) is 0.429. The predicted octanol–water partition coefficient (Wildman–Crippen LogP) is 3.27. The zero-order chi connectivity index (χ0) is 16.4. The number of benzene rings is 2. The van der Waals surface area contributed by atoms with Crippen LogP contribution in [0.25, 0.3) is 0 Å². The maximum Gasteiger partial charge on any atom is 0.119 e. The average molecular weight is 322 g/mol. The minimum absolute atomic E-state index is 0.694. The highest BCUT2D eigenvalue weighted by molar-refractivity contribution is 5.29. The van der Waals surface area contributed by atoms with Crippen LogP contribution >= 0.6 is 0 Å². The predicted molar refractivity (Wildman–Crippen MR) is 97.4 cm³/mol. The van der Waals surface area contributed by atoms with Gasteiger partial charge in [-0.2, -0.15) is 0 Å². The van der Waals surface area contributed by atoms with Gasteiger partial charge in [-0.1, -0.05) is 42.5 Å². The van der Waals surface area contributed by atoms with E-state index in [2.05, 4.69) is 58.7 Å². The molecule has 0 radical (unpaired) electrons. The lowest BCUT2D eigenvalue weighted by Crippen LogP contribution is -2.50. The Hall–Kier alpha value is -1.84. The highest BCUT2D eigenvalue weighted by Crippen LogP contribution is 2.40. The van der Waals surface area contributed by atoms with Crippen LogP contribution in [-0.2, 0) is 6.54 Å². The Bertz CT molecular complexity index is 667. The lowest BCUT2D eigenvalue weighted by Gasteiger charge is -2.39. The molecule has 1 aliphatic carbocycles. The molecule has 2 fully saturated rings. The van der Waals surface area contributed by atoms with Crippen LogP contribution in [-0.4, -0.2) is 37.7 Å². The Morgan fingerprint density at radius 1 is 1.08 bits per heavy atom. The van der Waals surface area contributed by atoms with Crippen molar-refractivity contribution in [2.75, 3.05) is 26.7 Å². The summed E-state index contributed by atoms with van der Waals surface area (Å²) in [6.45, 7) is 4.59. The van der Waals surface area contributed by atoms with Gasteiger partial charge in [-0.25, -0.2) is 0 Å². The van der Waals surface area contributed by atoms with E-state index >= 15 is 0 Å². The highest BCUT2D eigenvalue weighted by Gasteiger charge is 2.38. The Morgan fingerprint density at radius 3 is 2.71 bits per heavy atom. The van der Waals surface area contributed by atoms with Gasteiger partial charge in [-0.3, -0.25) is 4.90 Å². The number of nitrogens with one attached hydrogen (secondary N) is 1. The van der Waals surface area contributed by atoms with Crippen LogP contribution in [0.3, 0.4) is 0 Å². The summed E-state index contributed by atoms with van der Waals surface area (Å²) in [6, 6.07) is 20.0. The van der Waals surface area contributed by atoms with Gasteiger partial charge in [0.25, 0.3) is 0 Å². The zero-order valence-corrected chi connectivity index (χ0v) is 14.3. The van der Waals surface area contributed by atoms with Crippen molar-refractivity contribution < 1.29 is 4.74 Å². The van der Waals surface area contributed by atoms with Gasteiger partial charge >= 0.3 is 0 Å². The molecule has 0 amide bonds. The molecule has 1 heterocycles. The Balaban J connectivity index is 1.16. The van der Waals surface area contributed by atoms with E-state index in [1.165, 1.54) is 30.6 Å². The molecule has 0 unspecified atom stereocenters. The number of ether oxygens (including phenoxy) is 1. The van der Waals surface area contributed by atoms with Crippen molar-refractivity contribution in [1.29, 1.82) is 0 Å². The molecule has 0 spiro atoms. The molecule has 2 atom stereocenters. The first kappa shape index (κ1) is 15.7. The van der Waals surface area contributed by atoms with Crippen LogP contribution in [0.1, 0.15) is 23.5 Å². The molecule has 4 rings (SSSR count). The van der Waals surface area contributed by atoms with Crippen LogP contribution in [0.15, 0.2) is 54.6 Å². The topological polar surface area (TPSA) is 24.5 Å². The van der Waals surface area contributed by atoms with Crippen LogP contribution in [0.2, 0.25) is 0 Å². The number of hydrogen-bond acceptors (Lipinski definition) is 3. The van der Waals surface area contributed by atoms with Crippen molar-refractivity contribution in [3.63, 3.8) is 0 Å². The number of hydrogen-bond donors (Lipinski definition) is 1. The fourth-order valence-electron chi connectivity index (χ4n) is 3.77. The van der Waals surface area contributed by atoms with E-state index in [1.807, 2.05) is 6.07 Å². The SMILES string of the molecule is COc1cccc(CN2CC(CN[C@@H]3C[C@H]3c3ccccc3)C2)c1. The monoisotopic (exact) mass is 322 g/mol. The van der Waals surface area contributed by atoms with Gasteiger partial charge < -0.3 is 10.1 Å². The summed E-state index contributed by atoms with van der Waals surface area (Å²) in [4.78, 5) is 2.52. The molecule has 1 saturated carbocycles. The molecule has 2 aliphatic rings. The first-order valence-corrected chi connectivity index (χ1v) is 8.95. The van der Waals surface area contributed by atoms with Crippen molar-refractivity contribution >= 4 is 0 Å². The van der Waals surface area contributed by atoms with E-state index in [0.717, 1.165) is 30.7 Å². The van der Waals surface area contributed by atoms with Crippen molar-refractivity contribution in [2.45, 2.75) is 24.9 Å². The average Bonchev–Trinajstić information content (AvgIpc) is 3.37. The molecule has 24 heavy (non-hydrogen) atoms. The van der Waals surface area contributed by atoms with Crippen molar-refractivity contribution in [3.8, 4) is 5.75 Å². The van der Waals surface area contributed by atoms with E-state index in [1.54, 1.807) is 7.11 Å². The van der Waals surface area contributed by atoms with Crippen LogP contribution in [0.5, 0.6) is 5.75 Å². The summed E-state index contributed by atoms with van der Waals surface area (Å²) in [7, 11) is 1.73. The van der Waals surface area contributed by atoms with Gasteiger partial charge in [-0.05, 0) is 35.6 Å². The van der Waals surface area contributed by atoms with E-state index < -0.39 is 0 Å². The highest BCUT2D eigenvalue weighted by atomic mass is 16.5. The van der Waals surface area contributed by atoms with Gasteiger partial charge in [0.15, 0.2) is 0 Å². The minimum Gasteiger partial charge on any atom is -0.497 e. The second-order valence-corrected chi connectivity index (χ2v) is 7.18. The first-order valence-electron chi connectivity index (χ1n) is 8.95. The quantitative estimate of drug-likeness (QED) is 0.847. The van der Waals surface area contributed by atoms with Crippen molar-refractivity contribution in [3.05, 3.63) is 65.7 Å². The summed E-state index contributed by atoms with van der Waals surface area (Å²) in [5.74, 6) is 2.48. The fourth-order valence-corrected chi connectivity index (χ4v) is 3.77. The van der Waals surface area contributed by atoms with E-state index in [4.69, 9.17) is 4.74 Å². The maximum atomic E-state index is 5.30. The summed E-state index contributed by atoms with van der Waals surface area (Å²) in [6.07, 6.45) is 1.30. The standard InChI is InChI=1S/C21H26N2O/c1-24-19-9-5-6-16(10-19)13-23-14-17(15-23)12-22-21-11-20(21)18-7-3-2-4-8-18/h2-10,17,20-22H,11-15H2,1H3/t20-,21+/m0/s1. The maximum absolute atomic E-state index is 5.30. The largest absolute Gasteiger partial charge is 0.497 e. The third-order valence-corrected chi connectivity index (χ3v) is 5.26. The van der Waals surface area contributed by atoms with Crippen LogP contribution < -0.4 is 10.1 Å². The molecular weight excluding hydrogens is 296 g/mol. The summed E-state index contributed by atoms with van der Waals surface area (Å²) >= 11 is 0. The smallest absolute Gasteiger partial charge is 0.119 e. The normalized spacial score (nSPS) is 23.7. The minimum atomic E-state index is 0.694.